The normalized spacial score (nSPS) is 16.1. The molecule has 0 aromatic carbocycles. The molecule has 3 unspecified atom stereocenters. The Bertz CT molecular complexity index is 1960. The number of hydrogen-bond donors (Lipinski definition) is 12. The maximum Gasteiger partial charge on any atom is 0.268 e. The highest BCUT2D eigenvalue weighted by Crippen LogP contribution is 2.16. The number of Topliss-reactive ketones (excluding diaryl/α,β-unsaturated/α-hetero) is 1. The van der Waals surface area contributed by atoms with E-state index in [1.54, 1.807) is 55.4 Å². The summed E-state index contributed by atoms with van der Waals surface area (Å²) < 4.78 is 0. The van der Waals surface area contributed by atoms with Gasteiger partial charge in [0.15, 0.2) is 5.78 Å². The van der Waals surface area contributed by atoms with E-state index in [0.717, 1.165) is 0 Å². The van der Waals surface area contributed by atoms with Gasteiger partial charge in [-0.3, -0.25) is 47.9 Å². The number of nitrogens with two attached hydrogens (primary N) is 2. The fraction of sp³-hybridized carbons (Fsp3) is 0.782. The molecule has 0 aliphatic rings. The van der Waals surface area contributed by atoms with Crippen LogP contribution in [0.3, 0.4) is 0 Å². The maximum atomic E-state index is 14.3. The summed E-state index contributed by atoms with van der Waals surface area (Å²) in [6.45, 7) is 28.3. The molecule has 22 heteroatoms. The van der Waals surface area contributed by atoms with Gasteiger partial charge >= 0.3 is 0 Å². The molecular formula is C55H101N11O11. The Balaban J connectivity index is 6.60. The number of ketones is 1. The lowest BCUT2D eigenvalue weighted by Crippen LogP contribution is -2.62. The molecule has 9 amide bonds. The molecule has 0 bridgehead atoms. The van der Waals surface area contributed by atoms with Crippen molar-refractivity contribution in [1.29, 1.82) is 0 Å². The van der Waals surface area contributed by atoms with Crippen LogP contribution in [0.4, 0.5) is 0 Å². The minimum absolute atomic E-state index is 0.0633. The second kappa shape index (κ2) is 36.6. The quantitative estimate of drug-likeness (QED) is 0.0313. The van der Waals surface area contributed by atoms with E-state index >= 15 is 0 Å². The first-order valence-electron chi connectivity index (χ1n) is 27.9. The van der Waals surface area contributed by atoms with Gasteiger partial charge in [-0.05, 0) is 113 Å². The third kappa shape index (κ3) is 25.7. The standard InChI is InChI=1S/C55H101N11O11/c1-17-34(14)45(66-49(71)39(24-22-26-57)59-50(72)41(28-30(6)7)62-47(69)37(19-3)58-55(77)46(68)35(15)18-2)54(76)65-44(33(12)13)53(75)64-43(32(10)11)51(73)60-38(23-20-21-25-56)48(70)63-42(31(8)9)52(74)61-40(36(16)67)27-29(4)5/h19,29-35,38-46,68H,17-18,20-28,56-57H2,1-16H3,(H,58,77)(H,59,72)(H,60,73)(H,61,74)(H,62,69)(H,63,70)(H,64,75)(H,65,76)(H,66,71)/t34-,35+,38?,39+,40?,41-,42-,43-,44-,45-,46?/m0/s1. The van der Waals surface area contributed by atoms with Gasteiger partial charge in [0.2, 0.25) is 41.4 Å². The minimum Gasteiger partial charge on any atom is -0.383 e. The largest absolute Gasteiger partial charge is 0.383 e. The number of allylic oxidation sites excluding steroid dienone is 1. The van der Waals surface area contributed by atoms with Crippen molar-refractivity contribution in [3.8, 4) is 0 Å². The predicted molar refractivity (Wildman–Crippen MR) is 298 cm³/mol. The smallest absolute Gasteiger partial charge is 0.268 e. The third-order valence-corrected chi connectivity index (χ3v) is 13.5. The number of aliphatic hydroxyl groups excluding tert-OH is 1. The Morgan fingerprint density at radius 1 is 0.442 bits per heavy atom. The van der Waals surface area contributed by atoms with Gasteiger partial charge in [0.25, 0.3) is 11.8 Å². The summed E-state index contributed by atoms with van der Waals surface area (Å²) in [6.07, 6.45) is 2.95. The van der Waals surface area contributed by atoms with Crippen LogP contribution in [0, 0.1) is 41.4 Å². The minimum atomic E-state index is -1.37. The molecule has 22 nitrogen and oxygen atoms in total. The summed E-state index contributed by atoms with van der Waals surface area (Å²) in [5.41, 5.74) is 11.4. The van der Waals surface area contributed by atoms with Gasteiger partial charge in [-0.1, -0.05) is 116 Å². The van der Waals surface area contributed by atoms with Crippen molar-refractivity contribution in [2.24, 2.45) is 52.9 Å². The number of carbonyl (C=O) groups is 10. The highest BCUT2D eigenvalue weighted by Gasteiger charge is 2.38. The van der Waals surface area contributed by atoms with E-state index < -0.39 is 131 Å². The molecule has 0 saturated carbocycles. The van der Waals surface area contributed by atoms with Crippen LogP contribution in [0.15, 0.2) is 11.8 Å². The second-order valence-electron chi connectivity index (χ2n) is 22.4. The topological polar surface area (TPSA) is 351 Å². The van der Waals surface area contributed by atoms with Crippen molar-refractivity contribution < 1.29 is 53.1 Å². The molecule has 0 saturated heterocycles. The van der Waals surface area contributed by atoms with Crippen molar-refractivity contribution in [2.75, 3.05) is 13.1 Å². The summed E-state index contributed by atoms with van der Waals surface area (Å²) in [6, 6.07) is -8.95. The fourth-order valence-corrected chi connectivity index (χ4v) is 8.13. The first kappa shape index (κ1) is 71.5. The number of unbranched alkanes of at least 4 members (excludes halogenated alkanes) is 1. The van der Waals surface area contributed by atoms with Gasteiger partial charge in [-0.2, -0.15) is 0 Å². The lowest BCUT2D eigenvalue weighted by molar-refractivity contribution is -0.137. The number of carbonyl (C=O) groups excluding carboxylic acids is 10. The van der Waals surface area contributed by atoms with Crippen LogP contribution in [0.5, 0.6) is 0 Å². The highest BCUT2D eigenvalue weighted by atomic mass is 16.3. The second-order valence-corrected chi connectivity index (χ2v) is 22.4. The fourth-order valence-electron chi connectivity index (χ4n) is 8.13. The van der Waals surface area contributed by atoms with Crippen LogP contribution in [0.25, 0.3) is 0 Å². The zero-order valence-corrected chi connectivity index (χ0v) is 49.3. The molecule has 0 aromatic heterocycles. The predicted octanol–water partition coefficient (Wildman–Crippen LogP) is 1.85. The highest BCUT2D eigenvalue weighted by molar-refractivity contribution is 6.01. The molecule has 0 rings (SSSR count). The van der Waals surface area contributed by atoms with Crippen LogP contribution in [-0.4, -0.2) is 132 Å². The molecule has 0 radical (unpaired) electrons. The Hall–Kier alpha value is -5.48. The number of nitrogens with one attached hydrogen (secondary N) is 9. The third-order valence-electron chi connectivity index (χ3n) is 13.5. The molecule has 14 N–H and O–H groups in total. The van der Waals surface area contributed by atoms with Crippen LogP contribution >= 0.6 is 0 Å². The number of aliphatic hydroxyl groups is 1. The summed E-state index contributed by atoms with van der Waals surface area (Å²) >= 11 is 0. The molecule has 11 atom stereocenters. The van der Waals surface area contributed by atoms with Gasteiger partial charge < -0.3 is 64.4 Å². The summed E-state index contributed by atoms with van der Waals surface area (Å²) in [7, 11) is 0. The average Bonchev–Trinajstić information content (AvgIpc) is 3.35. The van der Waals surface area contributed by atoms with E-state index in [4.69, 9.17) is 11.5 Å². The van der Waals surface area contributed by atoms with E-state index in [1.807, 2.05) is 41.5 Å². The average molecular weight is 1090 g/mol. The van der Waals surface area contributed by atoms with Gasteiger partial charge in [0.05, 0.1) is 6.04 Å². The van der Waals surface area contributed by atoms with Crippen LogP contribution in [-0.2, 0) is 47.9 Å². The van der Waals surface area contributed by atoms with Gasteiger partial charge in [-0.25, -0.2) is 0 Å². The van der Waals surface area contributed by atoms with Crippen molar-refractivity contribution in [2.45, 2.75) is 223 Å². The molecule has 0 aromatic rings. The zero-order valence-electron chi connectivity index (χ0n) is 49.3. The van der Waals surface area contributed by atoms with E-state index in [9.17, 15) is 53.1 Å². The number of rotatable bonds is 37. The number of amides is 9. The SMILES string of the molecule is CC=C(NC(=O)C(O)[C@H](C)CC)C(=O)N[C@@H](CC(C)C)C(=O)N[C@H](CCCN)C(=O)N[C@H](C(=O)N[C@H](C(=O)N[C@H](C(=O)NC(CCCCN)C(=O)N[C@H](C(=O)NC(CC(C)C)C(C)=O)C(C)C)C(C)C)C(C)C)[C@@H](C)CC. The van der Waals surface area contributed by atoms with Crippen LogP contribution in [0.2, 0.25) is 0 Å². The van der Waals surface area contributed by atoms with Crippen molar-refractivity contribution in [3.63, 3.8) is 0 Å². The lowest BCUT2D eigenvalue weighted by atomic mass is 9.95. The van der Waals surface area contributed by atoms with Crippen LogP contribution in [0.1, 0.15) is 169 Å². The van der Waals surface area contributed by atoms with Gasteiger partial charge in [-0.15, -0.1) is 0 Å². The first-order valence-corrected chi connectivity index (χ1v) is 27.9. The molecule has 0 fully saturated rings. The molecular weight excluding hydrogens is 991 g/mol. The lowest BCUT2D eigenvalue weighted by Gasteiger charge is -2.31. The summed E-state index contributed by atoms with van der Waals surface area (Å²) in [5, 5.41) is 34.9. The Morgan fingerprint density at radius 3 is 1.21 bits per heavy atom. The maximum absolute atomic E-state index is 14.3. The van der Waals surface area contributed by atoms with E-state index in [1.165, 1.54) is 19.9 Å². The van der Waals surface area contributed by atoms with Gasteiger partial charge in [0.1, 0.15) is 54.1 Å². The Kier molecular flexibility index (Phi) is 34.0. The molecule has 77 heavy (non-hydrogen) atoms. The van der Waals surface area contributed by atoms with Gasteiger partial charge in [0, 0.05) is 0 Å². The Morgan fingerprint density at radius 2 is 0.805 bits per heavy atom. The van der Waals surface area contributed by atoms with Crippen molar-refractivity contribution >= 4 is 58.9 Å². The molecule has 0 heterocycles. The first-order chi connectivity index (χ1) is 35.9. The van der Waals surface area contributed by atoms with E-state index in [-0.39, 0.29) is 55.0 Å². The summed E-state index contributed by atoms with van der Waals surface area (Å²) in [4.78, 5) is 137. The van der Waals surface area contributed by atoms with Crippen molar-refractivity contribution in [1.82, 2.24) is 47.9 Å². The van der Waals surface area contributed by atoms with E-state index in [0.29, 0.717) is 45.1 Å². The Labute approximate surface area is 459 Å². The molecule has 0 spiro atoms. The molecule has 0 aliphatic carbocycles. The summed E-state index contributed by atoms with van der Waals surface area (Å²) in [5.74, 6) is -8.82. The monoisotopic (exact) mass is 1090 g/mol. The van der Waals surface area contributed by atoms with E-state index in [2.05, 4.69) is 47.9 Å². The molecule has 442 valence electrons. The van der Waals surface area contributed by atoms with Crippen molar-refractivity contribution in [3.05, 3.63) is 11.8 Å². The number of hydrogen-bond acceptors (Lipinski definition) is 13. The molecule has 0 aliphatic heterocycles. The van der Waals surface area contributed by atoms with Crippen LogP contribution < -0.4 is 59.3 Å². The zero-order chi connectivity index (χ0) is 59.4.